The molecule has 3 aromatic heterocycles. The SMILES string of the molecule is Nc1ncnc2c1ncn2Cc1cc(-c2ccc(F)c(F)c2)ncc1N1CCCC[C@](N)([C@H](O)C(F)F)C1. The average molecular weight is 531 g/mol. The highest BCUT2D eigenvalue weighted by molar-refractivity contribution is 5.81. The number of rotatable bonds is 6. The van der Waals surface area contributed by atoms with Crippen LogP contribution in [0.15, 0.2) is 43.1 Å². The number of alkyl halides is 2. The molecule has 13 heteroatoms. The van der Waals surface area contributed by atoms with Gasteiger partial charge in [-0.25, -0.2) is 32.5 Å². The summed E-state index contributed by atoms with van der Waals surface area (Å²) in [6.45, 7) is 0.679. The Balaban J connectivity index is 1.59. The van der Waals surface area contributed by atoms with Gasteiger partial charge in [-0.1, -0.05) is 0 Å². The molecule has 0 radical (unpaired) electrons. The van der Waals surface area contributed by atoms with Crippen molar-refractivity contribution in [2.24, 2.45) is 5.73 Å². The van der Waals surface area contributed by atoms with Crippen LogP contribution in [0, 0.1) is 11.6 Å². The van der Waals surface area contributed by atoms with Crippen LogP contribution in [0.1, 0.15) is 24.8 Å². The summed E-state index contributed by atoms with van der Waals surface area (Å²) in [7, 11) is 0. The number of nitrogen functional groups attached to an aromatic ring is 1. The highest BCUT2D eigenvalue weighted by Gasteiger charge is 2.42. The summed E-state index contributed by atoms with van der Waals surface area (Å²) in [4.78, 5) is 18.8. The fourth-order valence-corrected chi connectivity index (χ4v) is 4.88. The molecule has 9 nitrogen and oxygen atoms in total. The van der Waals surface area contributed by atoms with Gasteiger partial charge in [0.2, 0.25) is 0 Å². The minimum Gasteiger partial charge on any atom is -0.385 e. The van der Waals surface area contributed by atoms with Crippen LogP contribution in [0.5, 0.6) is 0 Å². The van der Waals surface area contributed by atoms with Crippen molar-refractivity contribution in [1.82, 2.24) is 24.5 Å². The summed E-state index contributed by atoms with van der Waals surface area (Å²) in [5, 5.41) is 10.2. The van der Waals surface area contributed by atoms with Gasteiger partial charge in [0.05, 0.1) is 36.0 Å². The smallest absolute Gasteiger partial charge is 0.265 e. The zero-order valence-electron chi connectivity index (χ0n) is 20.2. The molecule has 5 rings (SSSR count). The number of nitrogens with zero attached hydrogens (tertiary/aromatic N) is 6. The summed E-state index contributed by atoms with van der Waals surface area (Å²) < 4.78 is 56.2. The van der Waals surface area contributed by atoms with Crippen molar-refractivity contribution in [2.45, 2.75) is 43.9 Å². The molecule has 0 unspecified atom stereocenters. The van der Waals surface area contributed by atoms with Gasteiger partial charge in [0, 0.05) is 18.7 Å². The number of imidazole rings is 1. The van der Waals surface area contributed by atoms with Gasteiger partial charge in [0.25, 0.3) is 6.43 Å². The van der Waals surface area contributed by atoms with Gasteiger partial charge in [-0.3, -0.25) is 4.98 Å². The molecule has 0 aliphatic carbocycles. The van der Waals surface area contributed by atoms with E-state index in [0.29, 0.717) is 53.1 Å². The Hall–Kier alpha value is -3.84. The van der Waals surface area contributed by atoms with Crippen molar-refractivity contribution < 1.29 is 22.7 Å². The molecule has 1 aliphatic rings. The lowest BCUT2D eigenvalue weighted by molar-refractivity contribution is -0.0491. The number of aromatic nitrogens is 5. The number of aliphatic hydroxyl groups excluding tert-OH is 1. The molecule has 200 valence electrons. The minimum atomic E-state index is -2.99. The number of benzene rings is 1. The van der Waals surface area contributed by atoms with E-state index in [1.54, 1.807) is 23.2 Å². The standard InChI is InChI=1S/C25H26F4N8O/c26-16-4-3-14(7-17(16)27)18-8-15(10-37-13-35-20-23(30)33-12-34-24(20)37)19(9-32-18)36-6-2-1-5-25(31,11-36)21(38)22(28)29/h3-4,7-9,12-13,21-22,38H,1-2,5-6,10-11,31H2,(H2,30,33,34)/t21-,25-/m1/s1. The second-order valence-corrected chi connectivity index (χ2v) is 9.52. The lowest BCUT2D eigenvalue weighted by Gasteiger charge is -2.37. The molecular weight excluding hydrogens is 504 g/mol. The van der Waals surface area contributed by atoms with Gasteiger partial charge in [0.15, 0.2) is 23.1 Å². The van der Waals surface area contributed by atoms with E-state index in [9.17, 15) is 22.7 Å². The first-order chi connectivity index (χ1) is 18.2. The normalized spacial score (nSPS) is 19.2. The third-order valence-electron chi connectivity index (χ3n) is 6.93. The quantitative estimate of drug-likeness (QED) is 0.324. The predicted octanol–water partition coefficient (Wildman–Crippen LogP) is 3.11. The van der Waals surface area contributed by atoms with Gasteiger partial charge < -0.3 is 26.0 Å². The predicted molar refractivity (Wildman–Crippen MR) is 133 cm³/mol. The molecule has 0 bridgehead atoms. The zero-order chi connectivity index (χ0) is 27.0. The van der Waals surface area contributed by atoms with Crippen molar-refractivity contribution in [3.05, 3.63) is 60.3 Å². The number of anilines is 2. The Bertz CT molecular complexity index is 1460. The number of aliphatic hydroxyl groups is 1. The van der Waals surface area contributed by atoms with Gasteiger partial charge in [-0.2, -0.15) is 0 Å². The van der Waals surface area contributed by atoms with Crippen LogP contribution in [0.25, 0.3) is 22.4 Å². The molecule has 1 aliphatic heterocycles. The van der Waals surface area contributed by atoms with Crippen molar-refractivity contribution >= 4 is 22.7 Å². The molecule has 4 aromatic rings. The molecule has 1 saturated heterocycles. The van der Waals surface area contributed by atoms with Crippen LogP contribution >= 0.6 is 0 Å². The number of nitrogens with two attached hydrogens (primary N) is 2. The molecule has 1 fully saturated rings. The van der Waals surface area contributed by atoms with Crippen LogP contribution in [-0.4, -0.2) is 60.8 Å². The van der Waals surface area contributed by atoms with Gasteiger partial charge in [-0.05, 0) is 49.1 Å². The van der Waals surface area contributed by atoms with Gasteiger partial charge in [-0.15, -0.1) is 0 Å². The highest BCUT2D eigenvalue weighted by atomic mass is 19.3. The van der Waals surface area contributed by atoms with Crippen LogP contribution < -0.4 is 16.4 Å². The lowest BCUT2D eigenvalue weighted by Crippen LogP contribution is -2.60. The van der Waals surface area contributed by atoms with Crippen molar-refractivity contribution in [1.29, 1.82) is 0 Å². The van der Waals surface area contributed by atoms with Crippen molar-refractivity contribution in [3.63, 3.8) is 0 Å². The lowest BCUT2D eigenvalue weighted by atomic mass is 9.88. The van der Waals surface area contributed by atoms with E-state index in [4.69, 9.17) is 11.5 Å². The Labute approximate surface area is 215 Å². The van der Waals surface area contributed by atoms with E-state index in [1.165, 1.54) is 12.4 Å². The average Bonchev–Trinajstić information content (AvgIpc) is 3.19. The zero-order valence-corrected chi connectivity index (χ0v) is 20.2. The molecule has 38 heavy (non-hydrogen) atoms. The Morgan fingerprint density at radius 1 is 1.05 bits per heavy atom. The number of fused-ring (bicyclic) bond motifs is 1. The number of hydrogen-bond donors (Lipinski definition) is 3. The highest BCUT2D eigenvalue weighted by Crippen LogP contribution is 2.33. The number of hydrogen-bond acceptors (Lipinski definition) is 8. The van der Waals surface area contributed by atoms with E-state index in [0.717, 1.165) is 12.1 Å². The molecule has 0 amide bonds. The number of halogens is 4. The van der Waals surface area contributed by atoms with Gasteiger partial charge >= 0.3 is 0 Å². The monoisotopic (exact) mass is 530 g/mol. The molecule has 5 N–H and O–H groups in total. The Morgan fingerprint density at radius 3 is 2.63 bits per heavy atom. The molecule has 0 saturated carbocycles. The topological polar surface area (TPSA) is 132 Å². The molecular formula is C25H26F4N8O. The maximum Gasteiger partial charge on any atom is 0.265 e. The van der Waals surface area contributed by atoms with E-state index in [2.05, 4.69) is 19.9 Å². The molecule has 0 spiro atoms. The first-order valence-corrected chi connectivity index (χ1v) is 12.0. The maximum absolute atomic E-state index is 14.0. The summed E-state index contributed by atoms with van der Waals surface area (Å²) >= 11 is 0. The fourth-order valence-electron chi connectivity index (χ4n) is 4.88. The van der Waals surface area contributed by atoms with Crippen LogP contribution in [-0.2, 0) is 6.54 Å². The first kappa shape index (κ1) is 25.8. The van der Waals surface area contributed by atoms with E-state index < -0.39 is 29.7 Å². The molecule has 4 heterocycles. The second-order valence-electron chi connectivity index (χ2n) is 9.52. The van der Waals surface area contributed by atoms with E-state index >= 15 is 0 Å². The first-order valence-electron chi connectivity index (χ1n) is 12.0. The minimum absolute atomic E-state index is 0.0303. The number of pyridine rings is 1. The summed E-state index contributed by atoms with van der Waals surface area (Å²) in [5.74, 6) is -1.77. The van der Waals surface area contributed by atoms with Crippen LogP contribution in [0.2, 0.25) is 0 Å². The van der Waals surface area contributed by atoms with Crippen molar-refractivity contribution in [3.8, 4) is 11.3 Å². The third kappa shape index (κ3) is 4.86. The van der Waals surface area contributed by atoms with Crippen molar-refractivity contribution in [2.75, 3.05) is 23.7 Å². The summed E-state index contributed by atoms with van der Waals surface area (Å²) in [5.41, 5.74) is 13.6. The van der Waals surface area contributed by atoms with Crippen LogP contribution in [0.4, 0.5) is 29.1 Å². The Kier molecular flexibility index (Phi) is 6.88. The molecule has 2 atom stereocenters. The molecule has 1 aromatic carbocycles. The van der Waals surface area contributed by atoms with Gasteiger partial charge in [0.1, 0.15) is 17.9 Å². The summed E-state index contributed by atoms with van der Waals surface area (Å²) in [6.07, 6.45) is 0.884. The van der Waals surface area contributed by atoms with E-state index in [1.807, 2.05) is 4.90 Å². The third-order valence-corrected chi connectivity index (χ3v) is 6.93. The second kappa shape index (κ2) is 10.1. The maximum atomic E-state index is 14.0. The fraction of sp³-hybridized carbons (Fsp3) is 0.360. The van der Waals surface area contributed by atoms with E-state index in [-0.39, 0.29) is 25.3 Å². The Morgan fingerprint density at radius 2 is 1.87 bits per heavy atom. The van der Waals surface area contributed by atoms with Crippen LogP contribution in [0.3, 0.4) is 0 Å². The largest absolute Gasteiger partial charge is 0.385 e. The summed E-state index contributed by atoms with van der Waals surface area (Å²) in [6, 6.07) is 5.20.